The Balaban J connectivity index is 1.79. The number of aliphatic carboxylic acids is 1. The van der Waals surface area contributed by atoms with Crippen LogP contribution in [0.5, 0.6) is 0 Å². The fourth-order valence-electron chi connectivity index (χ4n) is 6.82. The highest BCUT2D eigenvalue weighted by Crippen LogP contribution is 2.66. The minimum Gasteiger partial charge on any atom is -0.478 e. The maximum Gasteiger partial charge on any atom is 0.339 e. The van der Waals surface area contributed by atoms with Gasteiger partial charge in [-0.3, -0.25) is 4.79 Å². The smallest absolute Gasteiger partial charge is 0.339 e. The first-order valence-corrected chi connectivity index (χ1v) is 9.63. The summed E-state index contributed by atoms with van der Waals surface area (Å²) in [5, 5.41) is 31.5. The van der Waals surface area contributed by atoms with Crippen molar-refractivity contribution in [2.75, 3.05) is 0 Å². The van der Waals surface area contributed by atoms with Crippen LogP contribution >= 0.6 is 0 Å². The van der Waals surface area contributed by atoms with E-state index >= 15 is 0 Å². The molecule has 4 aliphatic rings. The Morgan fingerprint density at radius 2 is 1.92 bits per heavy atom. The lowest BCUT2D eigenvalue weighted by Gasteiger charge is -2.59. The minimum absolute atomic E-state index is 0.114. The van der Waals surface area contributed by atoms with Gasteiger partial charge >= 0.3 is 5.97 Å². The van der Waals surface area contributed by atoms with Gasteiger partial charge in [0.25, 0.3) is 0 Å². The van der Waals surface area contributed by atoms with E-state index in [0.717, 1.165) is 31.3 Å². The number of hydrogen-bond acceptors (Lipinski definition) is 4. The van der Waals surface area contributed by atoms with Crippen LogP contribution in [0.1, 0.15) is 52.9 Å². The summed E-state index contributed by atoms with van der Waals surface area (Å²) < 4.78 is 0. The molecule has 0 bridgehead atoms. The average Bonchev–Trinajstić information content (AvgIpc) is 2.76. The predicted molar refractivity (Wildman–Crippen MR) is 95.2 cm³/mol. The highest BCUT2D eigenvalue weighted by molar-refractivity contribution is 6.22. The molecule has 4 aliphatic carbocycles. The van der Waals surface area contributed by atoms with E-state index in [0.29, 0.717) is 12.3 Å². The van der Waals surface area contributed by atoms with E-state index < -0.39 is 28.9 Å². The fourth-order valence-corrected chi connectivity index (χ4v) is 6.82. The van der Waals surface area contributed by atoms with Gasteiger partial charge in [0, 0.05) is 16.7 Å². The van der Waals surface area contributed by atoms with Crippen molar-refractivity contribution >= 4 is 11.8 Å². The van der Waals surface area contributed by atoms with Crippen molar-refractivity contribution in [3.63, 3.8) is 0 Å². The second-order valence-electron chi connectivity index (χ2n) is 9.52. The third-order valence-corrected chi connectivity index (χ3v) is 8.39. The summed E-state index contributed by atoms with van der Waals surface area (Å²) in [6, 6.07) is 0. The van der Waals surface area contributed by atoms with E-state index in [-0.39, 0.29) is 22.8 Å². The highest BCUT2D eigenvalue weighted by atomic mass is 16.4. The van der Waals surface area contributed by atoms with E-state index in [1.54, 1.807) is 6.08 Å². The first kappa shape index (κ1) is 17.9. The van der Waals surface area contributed by atoms with Gasteiger partial charge in [-0.2, -0.15) is 0 Å². The molecule has 7 atom stereocenters. The molecule has 142 valence electrons. The monoisotopic (exact) mass is 360 g/mol. The SMILES string of the molecule is C[C@]12C=C(C(=O)O)C(=O)C=C1CC[C@@H]1[C@@H]2[C@@H](O)C[C@@]2(C)[C@H]1CC[C@]2(C)O. The van der Waals surface area contributed by atoms with Gasteiger partial charge in [0.2, 0.25) is 0 Å². The average molecular weight is 360 g/mol. The molecular weight excluding hydrogens is 332 g/mol. The molecule has 4 rings (SSSR count). The molecule has 0 unspecified atom stereocenters. The molecule has 0 aromatic heterocycles. The van der Waals surface area contributed by atoms with E-state index in [1.807, 2.05) is 13.8 Å². The lowest BCUT2D eigenvalue weighted by atomic mass is 9.46. The number of aliphatic hydroxyl groups is 2. The van der Waals surface area contributed by atoms with Crippen molar-refractivity contribution in [1.82, 2.24) is 0 Å². The van der Waals surface area contributed by atoms with Crippen LogP contribution in [0.4, 0.5) is 0 Å². The summed E-state index contributed by atoms with van der Waals surface area (Å²) in [4.78, 5) is 23.7. The summed E-state index contributed by atoms with van der Waals surface area (Å²) in [7, 11) is 0. The van der Waals surface area contributed by atoms with E-state index in [4.69, 9.17) is 0 Å². The van der Waals surface area contributed by atoms with Crippen LogP contribution in [0.2, 0.25) is 0 Å². The number of ketones is 1. The lowest BCUT2D eigenvalue weighted by Crippen LogP contribution is -2.58. The summed E-state index contributed by atoms with van der Waals surface area (Å²) in [6.45, 7) is 5.96. The van der Waals surface area contributed by atoms with Crippen molar-refractivity contribution in [1.29, 1.82) is 0 Å². The van der Waals surface area contributed by atoms with Gasteiger partial charge in [0.05, 0.1) is 11.7 Å². The van der Waals surface area contributed by atoms with Crippen molar-refractivity contribution in [2.45, 2.75) is 64.6 Å². The zero-order chi connectivity index (χ0) is 19.1. The normalized spacial score (nSPS) is 50.3. The van der Waals surface area contributed by atoms with Crippen LogP contribution in [0.25, 0.3) is 0 Å². The maximum atomic E-state index is 12.2. The summed E-state index contributed by atoms with van der Waals surface area (Å²) >= 11 is 0. The number of carboxylic acids is 1. The number of carbonyl (C=O) groups excluding carboxylic acids is 1. The topological polar surface area (TPSA) is 94.8 Å². The molecule has 0 aromatic carbocycles. The summed E-state index contributed by atoms with van der Waals surface area (Å²) in [5.74, 6) is -1.23. The van der Waals surface area contributed by atoms with Crippen LogP contribution in [-0.4, -0.2) is 38.8 Å². The minimum atomic E-state index is -1.20. The summed E-state index contributed by atoms with van der Waals surface area (Å²) in [5.41, 5.74) is -0.961. The first-order chi connectivity index (χ1) is 12.0. The quantitative estimate of drug-likeness (QED) is 0.625. The number of fused-ring (bicyclic) bond motifs is 5. The van der Waals surface area contributed by atoms with Crippen LogP contribution in [0.15, 0.2) is 23.3 Å². The molecule has 0 amide bonds. The second-order valence-corrected chi connectivity index (χ2v) is 9.52. The van der Waals surface area contributed by atoms with Gasteiger partial charge in [0.15, 0.2) is 5.78 Å². The Labute approximate surface area is 153 Å². The van der Waals surface area contributed by atoms with Crippen molar-refractivity contribution in [3.05, 3.63) is 23.3 Å². The Bertz CT molecular complexity index is 748. The van der Waals surface area contributed by atoms with Gasteiger partial charge in [0.1, 0.15) is 5.57 Å². The van der Waals surface area contributed by atoms with E-state index in [9.17, 15) is 24.9 Å². The van der Waals surface area contributed by atoms with Gasteiger partial charge < -0.3 is 15.3 Å². The van der Waals surface area contributed by atoms with Crippen molar-refractivity contribution in [2.24, 2.45) is 28.6 Å². The van der Waals surface area contributed by atoms with Crippen molar-refractivity contribution < 1.29 is 24.9 Å². The number of rotatable bonds is 1. The maximum absolute atomic E-state index is 12.2. The van der Waals surface area contributed by atoms with Crippen molar-refractivity contribution in [3.8, 4) is 0 Å². The first-order valence-electron chi connectivity index (χ1n) is 9.63. The predicted octanol–water partition coefficient (Wildman–Crippen LogP) is 2.47. The molecule has 26 heavy (non-hydrogen) atoms. The molecule has 3 saturated carbocycles. The van der Waals surface area contributed by atoms with Gasteiger partial charge in [-0.15, -0.1) is 0 Å². The molecule has 3 fully saturated rings. The van der Waals surface area contributed by atoms with Crippen LogP contribution in [0, 0.1) is 28.6 Å². The second kappa shape index (κ2) is 5.29. The molecule has 0 spiro atoms. The molecule has 3 N–H and O–H groups in total. The molecule has 0 heterocycles. The largest absolute Gasteiger partial charge is 0.478 e. The zero-order valence-electron chi connectivity index (χ0n) is 15.7. The standard InChI is InChI=1S/C21H28O5/c1-19-9-13(18(24)25)15(22)8-11(19)4-5-12-14-6-7-21(3,26)20(14,2)10-16(23)17(12)19/h8-9,12,14,16-17,23,26H,4-7,10H2,1-3H3,(H,24,25)/t12-,14-,16-,17+,19-,20-,21-/m0/s1. The Hall–Kier alpha value is -1.46. The molecule has 0 aliphatic heterocycles. The number of aliphatic hydroxyl groups excluding tert-OH is 1. The number of hydrogen-bond donors (Lipinski definition) is 3. The summed E-state index contributed by atoms with van der Waals surface area (Å²) in [6.07, 6.45) is 6.27. The third kappa shape index (κ3) is 2.10. The van der Waals surface area contributed by atoms with Crippen LogP contribution in [-0.2, 0) is 9.59 Å². The van der Waals surface area contributed by atoms with E-state index in [1.165, 1.54) is 6.08 Å². The fraction of sp³-hybridized carbons (Fsp3) is 0.714. The molecule has 0 saturated heterocycles. The molecule has 5 heteroatoms. The number of allylic oxidation sites excluding steroid dienone is 3. The van der Waals surface area contributed by atoms with Crippen LogP contribution in [0.3, 0.4) is 0 Å². The van der Waals surface area contributed by atoms with Gasteiger partial charge in [-0.1, -0.05) is 25.5 Å². The lowest BCUT2D eigenvalue weighted by molar-refractivity contribution is -0.158. The number of carbonyl (C=O) groups is 2. The third-order valence-electron chi connectivity index (χ3n) is 8.39. The Morgan fingerprint density at radius 1 is 1.23 bits per heavy atom. The van der Waals surface area contributed by atoms with Gasteiger partial charge in [-0.05, 0) is 56.9 Å². The molecule has 0 aromatic rings. The number of carboxylic acid groups (broad SMARTS) is 1. The molecule has 0 radical (unpaired) electrons. The zero-order valence-corrected chi connectivity index (χ0v) is 15.7. The molecule has 5 nitrogen and oxygen atoms in total. The van der Waals surface area contributed by atoms with Gasteiger partial charge in [-0.25, -0.2) is 4.79 Å². The van der Waals surface area contributed by atoms with Crippen LogP contribution < -0.4 is 0 Å². The Kier molecular flexibility index (Phi) is 3.65. The van der Waals surface area contributed by atoms with E-state index in [2.05, 4.69) is 6.92 Å². The Morgan fingerprint density at radius 3 is 2.58 bits per heavy atom. The molecular formula is C21H28O5. The highest BCUT2D eigenvalue weighted by Gasteiger charge is 2.64.